The highest BCUT2D eigenvalue weighted by Gasteiger charge is 2.35. The molecule has 0 aromatic heterocycles. The molecule has 0 aromatic carbocycles. The van der Waals surface area contributed by atoms with Gasteiger partial charge in [0.05, 0.1) is 6.61 Å². The number of rotatable bonds is 4. The normalized spacial score (nSPS) is 25.8. The number of likely N-dealkylation sites (tertiary alicyclic amines) is 1. The van der Waals surface area contributed by atoms with E-state index in [9.17, 15) is 9.59 Å². The van der Waals surface area contributed by atoms with Crippen molar-refractivity contribution < 1.29 is 14.3 Å². The van der Waals surface area contributed by atoms with Gasteiger partial charge in [-0.1, -0.05) is 12.8 Å². The largest absolute Gasteiger partial charge is 0.450 e. The van der Waals surface area contributed by atoms with Gasteiger partial charge < -0.3 is 15.0 Å². The molecule has 1 aliphatic heterocycles. The van der Waals surface area contributed by atoms with Crippen LogP contribution in [0.3, 0.4) is 0 Å². The third-order valence-electron chi connectivity index (χ3n) is 4.45. The number of carbonyl (C=O) groups excluding carboxylic acids is 2. The second-order valence-corrected chi connectivity index (χ2v) is 5.74. The van der Waals surface area contributed by atoms with Gasteiger partial charge in [0, 0.05) is 25.6 Å². The van der Waals surface area contributed by atoms with Gasteiger partial charge >= 0.3 is 6.09 Å². The van der Waals surface area contributed by atoms with Crippen LogP contribution >= 0.6 is 0 Å². The summed E-state index contributed by atoms with van der Waals surface area (Å²) in [5, 5.41) is 2.62. The fourth-order valence-corrected chi connectivity index (χ4v) is 3.53. The van der Waals surface area contributed by atoms with Crippen molar-refractivity contribution in [3.05, 3.63) is 0 Å². The van der Waals surface area contributed by atoms with Crippen molar-refractivity contribution in [3.8, 4) is 0 Å². The van der Waals surface area contributed by atoms with Crippen LogP contribution in [0.25, 0.3) is 0 Å². The molecule has 1 saturated heterocycles. The first-order valence-electron chi connectivity index (χ1n) is 7.92. The molecule has 2 fully saturated rings. The maximum absolute atomic E-state index is 12.3. The van der Waals surface area contributed by atoms with Gasteiger partial charge in [0.2, 0.25) is 5.91 Å². The Hall–Kier alpha value is -1.26. The Balaban J connectivity index is 1.77. The number of amides is 2. The van der Waals surface area contributed by atoms with Gasteiger partial charge in [-0.05, 0) is 38.5 Å². The molecule has 114 valence electrons. The lowest BCUT2D eigenvalue weighted by atomic mass is 9.78. The maximum Gasteiger partial charge on any atom is 0.407 e. The predicted molar refractivity (Wildman–Crippen MR) is 76.3 cm³/mol. The second kappa shape index (κ2) is 7.50. The van der Waals surface area contributed by atoms with Gasteiger partial charge in [-0.15, -0.1) is 0 Å². The van der Waals surface area contributed by atoms with E-state index in [0.29, 0.717) is 31.5 Å². The molecular weight excluding hydrogens is 256 g/mol. The fraction of sp³-hybridized carbons (Fsp3) is 0.867. The van der Waals surface area contributed by atoms with Crippen molar-refractivity contribution in [2.45, 2.75) is 57.9 Å². The molecule has 0 aromatic rings. The van der Waals surface area contributed by atoms with Crippen LogP contribution in [0.15, 0.2) is 0 Å². The minimum absolute atomic E-state index is 0.179. The van der Waals surface area contributed by atoms with Crippen LogP contribution in [0.5, 0.6) is 0 Å². The monoisotopic (exact) mass is 282 g/mol. The number of nitrogens with one attached hydrogen (secondary N) is 1. The Bertz CT molecular complexity index is 344. The summed E-state index contributed by atoms with van der Waals surface area (Å²) < 4.78 is 4.78. The van der Waals surface area contributed by atoms with E-state index in [2.05, 4.69) is 10.2 Å². The first-order chi connectivity index (χ1) is 9.72. The smallest absolute Gasteiger partial charge is 0.407 e. The summed E-state index contributed by atoms with van der Waals surface area (Å²) in [7, 11) is 0. The molecule has 2 rings (SSSR count). The summed E-state index contributed by atoms with van der Waals surface area (Å²) >= 11 is 0. The third kappa shape index (κ3) is 3.87. The van der Waals surface area contributed by atoms with E-state index in [1.807, 2.05) is 0 Å². The van der Waals surface area contributed by atoms with Crippen LogP contribution in [-0.4, -0.2) is 42.6 Å². The summed E-state index contributed by atoms with van der Waals surface area (Å²) in [6.45, 7) is 3.38. The van der Waals surface area contributed by atoms with Gasteiger partial charge in [-0.3, -0.25) is 4.79 Å². The molecule has 5 heteroatoms. The number of nitrogens with zero attached hydrogens (tertiary/aromatic N) is 1. The topological polar surface area (TPSA) is 58.6 Å². The molecule has 2 amide bonds. The number of fused-ring (bicyclic) bond motifs is 1. The van der Waals surface area contributed by atoms with Crippen LogP contribution in [0.4, 0.5) is 4.79 Å². The molecule has 1 saturated carbocycles. The fourth-order valence-electron chi connectivity index (χ4n) is 3.53. The molecule has 20 heavy (non-hydrogen) atoms. The van der Waals surface area contributed by atoms with E-state index >= 15 is 0 Å². The average molecular weight is 282 g/mol. The molecule has 0 radical (unpaired) electrons. The molecule has 5 nitrogen and oxygen atoms in total. The highest BCUT2D eigenvalue weighted by atomic mass is 16.5. The first-order valence-corrected chi connectivity index (χ1v) is 7.92. The predicted octanol–water partition coefficient (Wildman–Crippen LogP) is 2.30. The van der Waals surface area contributed by atoms with Crippen LogP contribution in [0, 0.1) is 5.92 Å². The Kier molecular flexibility index (Phi) is 5.68. The van der Waals surface area contributed by atoms with Crippen molar-refractivity contribution in [2.75, 3.05) is 19.7 Å². The summed E-state index contributed by atoms with van der Waals surface area (Å²) in [4.78, 5) is 25.6. The summed E-state index contributed by atoms with van der Waals surface area (Å²) in [5.74, 6) is 0.887. The second-order valence-electron chi connectivity index (χ2n) is 5.74. The van der Waals surface area contributed by atoms with Crippen molar-refractivity contribution in [3.63, 3.8) is 0 Å². The highest BCUT2D eigenvalue weighted by molar-refractivity contribution is 5.77. The van der Waals surface area contributed by atoms with Crippen molar-refractivity contribution in [1.29, 1.82) is 0 Å². The van der Waals surface area contributed by atoms with E-state index in [0.717, 1.165) is 19.4 Å². The van der Waals surface area contributed by atoms with Crippen molar-refractivity contribution in [2.24, 2.45) is 5.92 Å². The van der Waals surface area contributed by atoms with Crippen LogP contribution in [0.1, 0.15) is 51.9 Å². The number of ether oxygens (including phenoxy) is 1. The zero-order chi connectivity index (χ0) is 14.4. The Morgan fingerprint density at radius 1 is 1.20 bits per heavy atom. The molecule has 2 atom stereocenters. The van der Waals surface area contributed by atoms with Gasteiger partial charge in [0.25, 0.3) is 0 Å². The molecule has 0 unspecified atom stereocenters. The summed E-state index contributed by atoms with van der Waals surface area (Å²) in [5.41, 5.74) is 0. The van der Waals surface area contributed by atoms with E-state index < -0.39 is 6.09 Å². The Morgan fingerprint density at radius 2 is 1.95 bits per heavy atom. The van der Waals surface area contributed by atoms with E-state index in [1.54, 1.807) is 6.92 Å². The summed E-state index contributed by atoms with van der Waals surface area (Å²) in [6.07, 6.45) is 7.32. The molecule has 1 heterocycles. The third-order valence-corrected chi connectivity index (χ3v) is 4.45. The summed E-state index contributed by atoms with van der Waals surface area (Å²) in [6, 6.07) is 0.451. The SMILES string of the molecule is CCOC(=O)NCCC(=O)N1CCC[C@H]2CCCC[C@H]21. The first kappa shape index (κ1) is 15.1. The minimum Gasteiger partial charge on any atom is -0.450 e. The molecular formula is C15H26N2O3. The number of piperidine rings is 1. The molecule has 0 bridgehead atoms. The standard InChI is InChI=1S/C15H26N2O3/c1-2-20-15(19)16-10-9-14(18)17-11-5-7-12-6-3-4-8-13(12)17/h12-13H,2-11H2,1H3,(H,16,19)/t12-,13-/m1/s1. The van der Waals surface area contributed by atoms with Gasteiger partial charge in [0.15, 0.2) is 0 Å². The van der Waals surface area contributed by atoms with Crippen LogP contribution < -0.4 is 5.32 Å². The Morgan fingerprint density at radius 3 is 2.75 bits per heavy atom. The lowest BCUT2D eigenvalue weighted by Gasteiger charge is -2.44. The van der Waals surface area contributed by atoms with Gasteiger partial charge in [-0.25, -0.2) is 4.79 Å². The van der Waals surface area contributed by atoms with Crippen LogP contribution in [0.2, 0.25) is 0 Å². The maximum atomic E-state index is 12.3. The highest BCUT2D eigenvalue weighted by Crippen LogP contribution is 2.35. The molecule has 1 aliphatic carbocycles. The molecule has 1 N–H and O–H groups in total. The lowest BCUT2D eigenvalue weighted by molar-refractivity contribution is -0.137. The van der Waals surface area contributed by atoms with Crippen molar-refractivity contribution in [1.82, 2.24) is 10.2 Å². The number of carbonyl (C=O) groups is 2. The van der Waals surface area contributed by atoms with Gasteiger partial charge in [0.1, 0.15) is 0 Å². The zero-order valence-electron chi connectivity index (χ0n) is 12.4. The quantitative estimate of drug-likeness (QED) is 0.860. The van der Waals surface area contributed by atoms with Crippen LogP contribution in [-0.2, 0) is 9.53 Å². The number of alkyl carbamates (subject to hydrolysis) is 1. The van der Waals surface area contributed by atoms with Crippen molar-refractivity contribution >= 4 is 12.0 Å². The Labute approximate surface area is 121 Å². The average Bonchev–Trinajstić information content (AvgIpc) is 2.47. The van der Waals surface area contributed by atoms with E-state index in [-0.39, 0.29) is 5.91 Å². The minimum atomic E-state index is -0.436. The van der Waals surface area contributed by atoms with E-state index in [4.69, 9.17) is 4.74 Å². The number of hydrogen-bond donors (Lipinski definition) is 1. The zero-order valence-corrected chi connectivity index (χ0v) is 12.4. The lowest BCUT2D eigenvalue weighted by Crippen LogP contribution is -2.50. The van der Waals surface area contributed by atoms with E-state index in [1.165, 1.54) is 25.7 Å². The molecule has 0 spiro atoms. The molecule has 2 aliphatic rings. The van der Waals surface area contributed by atoms with Gasteiger partial charge in [-0.2, -0.15) is 0 Å². The number of hydrogen-bond acceptors (Lipinski definition) is 3.